The lowest BCUT2D eigenvalue weighted by Crippen LogP contribution is -2.57. The molecule has 0 unspecified atom stereocenters. The number of rotatable bonds is 31. The number of esters is 2. The molecule has 7 amide bonds. The molecule has 562 valence electrons. The predicted molar refractivity (Wildman–Crippen MR) is 387 cm³/mol. The molecule has 104 heavy (non-hydrogen) atoms. The van der Waals surface area contributed by atoms with Crippen molar-refractivity contribution in [2.75, 3.05) is 25.0 Å². The third-order valence-corrected chi connectivity index (χ3v) is 21.2. The molecule has 0 radical (unpaired) electrons. The van der Waals surface area contributed by atoms with E-state index in [4.69, 9.17) is 29.0 Å². The van der Waals surface area contributed by atoms with E-state index in [2.05, 4.69) is 26.3 Å². The number of nitrogens with zero attached hydrogens (tertiary/aromatic N) is 3. The van der Waals surface area contributed by atoms with Crippen LogP contribution in [0.5, 0.6) is 0 Å². The van der Waals surface area contributed by atoms with Crippen molar-refractivity contribution in [3.05, 3.63) is 147 Å². The molecule has 28 heteroatoms. The number of carbonyl (C=O) groups excluding carboxylic acids is 9. The molecule has 5 aromatic rings. The molecule has 24 nitrogen and oxygen atoms in total. The van der Waals surface area contributed by atoms with Crippen LogP contribution in [-0.4, -0.2) is 131 Å². The number of hydrogen-bond acceptors (Lipinski definition) is 18. The van der Waals surface area contributed by atoms with Gasteiger partial charge in [0.25, 0.3) is 0 Å². The number of benzene rings is 4. The number of alkyl halides is 2. The monoisotopic (exact) mass is 1480 g/mol. The number of amides is 7. The highest BCUT2D eigenvalue weighted by atomic mass is 32.1. The average Bonchev–Trinajstić information content (AvgIpc) is 1.63. The Morgan fingerprint density at radius 2 is 1.40 bits per heavy atom. The van der Waals surface area contributed by atoms with Crippen LogP contribution in [0.4, 0.5) is 14.5 Å². The Balaban J connectivity index is 0.827. The number of anilines is 1. The number of aliphatic hydroxyl groups is 1. The highest BCUT2D eigenvalue weighted by Gasteiger charge is 2.56. The number of nitrogens with two attached hydrogens (primary N) is 1. The summed E-state index contributed by atoms with van der Waals surface area (Å²) in [4.78, 5) is 130. The molecule has 0 bridgehead atoms. The summed E-state index contributed by atoms with van der Waals surface area (Å²) in [5.41, 5.74) is 6.66. The summed E-state index contributed by atoms with van der Waals surface area (Å²) in [6.45, 7) is 17.8. The van der Waals surface area contributed by atoms with Crippen LogP contribution in [0.2, 0.25) is 0 Å². The zero-order chi connectivity index (χ0) is 76.2. The standard InChI is InChI=1S/C76H97F2N8O16PS/c1-45(51-28-31-55(32-29-51)76(77,78)103(97,101-43-99-71(95)74(7,8)9)102-44-100-72(96)75(10,11)12)36-63(90)82-58-33-30-52-17-15-18-54-37-60(86(64(52)54)69(58)93)68(92)83-57(34-35-61(79)88)47(3)98-41-50-22-20-48(21-23-50)16-13-14-19-62(89)84-66(73(4,5)6)70(94)85-40-56(87)38-59(85)67(91)80-39-49-24-26-53(27-25-49)65-46(2)81-42-104-65/h15,17-18,20-29,31-32,36,42,47,56-60,66,87H,13-14,16,19,30,33-35,37-41,43-44H2,1-12H3,(H2,79,88)(H,80,91)(H,82,90)(H,83,92)(H,84,89)/b45-36+/t47-,56-,57+,58+,59+,60+,66-/m1/s1. The number of ether oxygens (including phenoxy) is 3. The number of allylic oxidation sites excluding steroid dienone is 1. The number of aryl methyl sites for hydroxylation is 3. The van der Waals surface area contributed by atoms with Gasteiger partial charge in [-0.25, -0.2) is 4.98 Å². The van der Waals surface area contributed by atoms with Crippen molar-refractivity contribution in [3.8, 4) is 10.4 Å². The van der Waals surface area contributed by atoms with E-state index in [1.807, 2.05) is 94.4 Å². The number of para-hydroxylation sites is 1. The van der Waals surface area contributed by atoms with Crippen LogP contribution in [0.15, 0.2) is 103 Å². The Kier molecular flexibility index (Phi) is 26.9. The number of aromatic nitrogens is 1. The molecule has 8 rings (SSSR count). The third-order valence-electron chi connectivity index (χ3n) is 18.4. The molecule has 7 atom stereocenters. The zero-order valence-corrected chi connectivity index (χ0v) is 62.8. The fraction of sp³-hybridized carbons (Fsp3) is 0.500. The predicted octanol–water partition coefficient (Wildman–Crippen LogP) is 10.2. The van der Waals surface area contributed by atoms with E-state index in [0.717, 1.165) is 56.1 Å². The second-order valence-corrected chi connectivity index (χ2v) is 32.8. The summed E-state index contributed by atoms with van der Waals surface area (Å²) in [5.74, 6) is -5.20. The zero-order valence-electron chi connectivity index (χ0n) is 61.1. The molecule has 3 aliphatic rings. The van der Waals surface area contributed by atoms with Crippen LogP contribution < -0.4 is 31.9 Å². The molecule has 4 aromatic carbocycles. The van der Waals surface area contributed by atoms with Gasteiger partial charge in [-0.1, -0.05) is 112 Å². The fourth-order valence-corrected chi connectivity index (χ4v) is 14.3. The van der Waals surface area contributed by atoms with E-state index >= 15 is 8.78 Å². The van der Waals surface area contributed by atoms with Crippen LogP contribution in [0.1, 0.15) is 166 Å². The summed E-state index contributed by atoms with van der Waals surface area (Å²) in [7, 11) is -5.62. The Morgan fingerprint density at radius 1 is 0.788 bits per heavy atom. The molecule has 4 heterocycles. The van der Waals surface area contributed by atoms with Gasteiger partial charge >= 0.3 is 25.2 Å². The smallest absolute Gasteiger partial charge is 0.410 e. The number of aliphatic hydroxyl groups excluding tert-OH is 1. The summed E-state index contributed by atoms with van der Waals surface area (Å²) in [6.07, 6.45) is 2.38. The van der Waals surface area contributed by atoms with Crippen LogP contribution in [0, 0.1) is 23.2 Å². The topological polar surface area (TPSA) is 331 Å². The number of unbranched alkanes of at least 4 members (excludes halogenated alkanes) is 1. The minimum absolute atomic E-state index is 0.0413. The summed E-state index contributed by atoms with van der Waals surface area (Å²) in [6, 6.07) is 20.6. The molecule has 0 saturated carbocycles. The van der Waals surface area contributed by atoms with Crippen LogP contribution >= 0.6 is 18.9 Å². The third kappa shape index (κ3) is 20.9. The Labute approximate surface area is 609 Å². The Bertz CT molecular complexity index is 3980. The first-order chi connectivity index (χ1) is 48.8. The number of nitrogens with one attached hydrogen (secondary N) is 4. The van der Waals surface area contributed by atoms with Crippen LogP contribution in [0.25, 0.3) is 16.0 Å². The number of primary amides is 1. The van der Waals surface area contributed by atoms with Gasteiger partial charge in [-0.15, -0.1) is 11.3 Å². The normalized spacial score (nSPS) is 18.0. The SMILES string of the molecule is C/C(=C\C(=O)N[C@H]1CCc2cccc3c2N(C1=O)[C@H](C(=O)N[C@@H](CCC(N)=O)[C@@H](C)OCc1ccc(CCCCC(=O)N[C@H](C(=O)N2C[C@H](O)C[C@H]2C(=O)NCc2ccc(-c4scnc4C)cc2)C(C)(C)C)cc1)C3)c1ccc(C(F)(F)P(=O)(OCOC(=O)C(C)(C)C)OCOC(=O)C(C)(C)C)cc1. The molecular formula is C76H97F2N8O16PS. The van der Waals surface area contributed by atoms with E-state index in [-0.39, 0.29) is 75.3 Å². The van der Waals surface area contributed by atoms with Crippen LogP contribution in [0.3, 0.4) is 0 Å². The van der Waals surface area contributed by atoms with Gasteiger partial charge in [0.05, 0.1) is 57.5 Å². The number of halogens is 2. The van der Waals surface area contributed by atoms with Crippen molar-refractivity contribution < 1.29 is 84.9 Å². The first kappa shape index (κ1) is 81.1. The average molecular weight is 1480 g/mol. The molecular weight excluding hydrogens is 1380 g/mol. The quantitative estimate of drug-likeness (QED) is 0.00790. The lowest BCUT2D eigenvalue weighted by molar-refractivity contribution is -0.163. The second-order valence-electron chi connectivity index (χ2n) is 29.9. The highest BCUT2D eigenvalue weighted by molar-refractivity contribution is 7.54. The highest BCUT2D eigenvalue weighted by Crippen LogP contribution is 2.67. The molecule has 3 aliphatic heterocycles. The lowest BCUT2D eigenvalue weighted by Gasteiger charge is -2.35. The van der Waals surface area contributed by atoms with Gasteiger partial charge in [-0.05, 0) is 151 Å². The maximum absolute atomic E-state index is 16.3. The Hall–Kier alpha value is -8.59. The summed E-state index contributed by atoms with van der Waals surface area (Å²) in [5, 5.41) is 22.4. The summed E-state index contributed by atoms with van der Waals surface area (Å²) < 4.78 is 72.7. The lowest BCUT2D eigenvalue weighted by atomic mass is 9.85. The molecule has 1 fully saturated rings. The number of carbonyl (C=O) groups is 9. The minimum atomic E-state index is -5.62. The maximum atomic E-state index is 16.3. The van der Waals surface area contributed by atoms with E-state index in [1.54, 1.807) is 23.8 Å². The van der Waals surface area contributed by atoms with E-state index < -0.39 is 138 Å². The van der Waals surface area contributed by atoms with Crippen molar-refractivity contribution in [2.24, 2.45) is 22.0 Å². The van der Waals surface area contributed by atoms with Crippen molar-refractivity contribution in [2.45, 2.75) is 209 Å². The van der Waals surface area contributed by atoms with Crippen molar-refractivity contribution in [3.63, 3.8) is 0 Å². The van der Waals surface area contributed by atoms with Gasteiger partial charge in [0.1, 0.15) is 24.2 Å². The molecule has 0 spiro atoms. The van der Waals surface area contributed by atoms with Gasteiger partial charge in [0.2, 0.25) is 54.9 Å². The van der Waals surface area contributed by atoms with Gasteiger partial charge in [0, 0.05) is 50.4 Å². The number of β-amino-alcohol motifs (C(OH)–C–C–N with tert-alkyl or cyclic N) is 1. The van der Waals surface area contributed by atoms with Crippen molar-refractivity contribution in [1.29, 1.82) is 0 Å². The van der Waals surface area contributed by atoms with Gasteiger partial charge in [-0.3, -0.25) is 61.7 Å². The largest absolute Gasteiger partial charge is 0.438 e. The number of thiazole rings is 1. The van der Waals surface area contributed by atoms with E-state index in [0.29, 0.717) is 31.4 Å². The first-order valence-corrected chi connectivity index (χ1v) is 37.3. The number of hydrogen-bond donors (Lipinski definition) is 6. The molecule has 0 aliphatic carbocycles. The Morgan fingerprint density at radius 3 is 2.00 bits per heavy atom. The minimum Gasteiger partial charge on any atom is -0.438 e. The van der Waals surface area contributed by atoms with Crippen molar-refractivity contribution >= 4 is 83.5 Å². The van der Waals surface area contributed by atoms with Crippen LogP contribution in [-0.2, 0) is 109 Å². The second kappa shape index (κ2) is 34.6. The fourth-order valence-electron chi connectivity index (χ4n) is 12.3. The molecule has 1 saturated heterocycles. The maximum Gasteiger partial charge on any atom is 0.410 e. The van der Waals surface area contributed by atoms with E-state index in [9.17, 15) is 52.8 Å². The van der Waals surface area contributed by atoms with Crippen molar-refractivity contribution in [1.82, 2.24) is 31.2 Å². The first-order valence-electron chi connectivity index (χ1n) is 34.8. The molecule has 1 aromatic heterocycles. The van der Waals surface area contributed by atoms with Gasteiger partial charge < -0.3 is 51.2 Å². The number of likely N-dealkylation sites (tertiary alicyclic amines) is 1. The van der Waals surface area contributed by atoms with Gasteiger partial charge in [0.15, 0.2) is 0 Å². The van der Waals surface area contributed by atoms with Gasteiger partial charge in [-0.2, -0.15) is 8.78 Å². The molecule has 7 N–H and O–H groups in total. The summed E-state index contributed by atoms with van der Waals surface area (Å²) >= 11 is 1.55. The van der Waals surface area contributed by atoms with E-state index in [1.165, 1.54) is 76.5 Å².